The molecule has 0 saturated carbocycles. The highest BCUT2D eigenvalue weighted by Gasteiger charge is 2.30. The van der Waals surface area contributed by atoms with E-state index in [9.17, 15) is 13.2 Å². The van der Waals surface area contributed by atoms with Crippen molar-refractivity contribution in [3.05, 3.63) is 41.0 Å². The Hall–Kier alpha value is -1.89. The van der Waals surface area contributed by atoms with Gasteiger partial charge in [-0.2, -0.15) is 5.10 Å². The summed E-state index contributed by atoms with van der Waals surface area (Å²) in [6, 6.07) is 5.48. The minimum atomic E-state index is -4.69. The number of hydrogen-bond acceptors (Lipinski definition) is 3. The molecule has 0 fully saturated rings. The van der Waals surface area contributed by atoms with Gasteiger partial charge < -0.3 is 10.5 Å². The van der Waals surface area contributed by atoms with Gasteiger partial charge in [0.15, 0.2) is 5.82 Å². The van der Waals surface area contributed by atoms with Crippen molar-refractivity contribution in [2.45, 2.75) is 12.9 Å². The van der Waals surface area contributed by atoms with Gasteiger partial charge >= 0.3 is 6.36 Å². The van der Waals surface area contributed by atoms with E-state index in [0.717, 1.165) is 5.56 Å². The normalized spacial score (nSPS) is 11.6. The first-order valence-corrected chi connectivity index (χ1v) is 5.54. The Morgan fingerprint density at radius 1 is 1.26 bits per heavy atom. The number of nitrogen functional groups attached to an aromatic ring is 1. The maximum atomic E-state index is 12.0. The number of aromatic nitrogens is 2. The van der Waals surface area contributed by atoms with Crippen LogP contribution in [0.4, 0.5) is 19.0 Å². The third kappa shape index (κ3) is 3.78. The predicted octanol–water partition coefficient (Wildman–Crippen LogP) is 3.07. The molecular formula is C11H9ClF3N3O. The van der Waals surface area contributed by atoms with Gasteiger partial charge in [0, 0.05) is 6.20 Å². The van der Waals surface area contributed by atoms with Crippen LogP contribution < -0.4 is 10.5 Å². The van der Waals surface area contributed by atoms with Gasteiger partial charge in [0.1, 0.15) is 10.8 Å². The van der Waals surface area contributed by atoms with Crippen molar-refractivity contribution in [2.24, 2.45) is 0 Å². The highest BCUT2D eigenvalue weighted by atomic mass is 35.5. The van der Waals surface area contributed by atoms with Crippen LogP contribution in [0.3, 0.4) is 0 Å². The first kappa shape index (κ1) is 13.5. The summed E-state index contributed by atoms with van der Waals surface area (Å²) in [5, 5.41) is 4.27. The second kappa shape index (κ2) is 5.00. The van der Waals surface area contributed by atoms with Crippen LogP contribution >= 0.6 is 11.6 Å². The molecule has 2 rings (SSSR count). The average Bonchev–Trinajstić information content (AvgIpc) is 2.59. The van der Waals surface area contributed by atoms with Gasteiger partial charge in [0.25, 0.3) is 0 Å². The minimum absolute atomic E-state index is 0.207. The molecule has 0 amide bonds. The van der Waals surface area contributed by atoms with Crippen LogP contribution in [-0.2, 0) is 6.54 Å². The summed E-state index contributed by atoms with van der Waals surface area (Å²) in [7, 11) is 0. The van der Waals surface area contributed by atoms with Gasteiger partial charge in [-0.15, -0.1) is 13.2 Å². The van der Waals surface area contributed by atoms with Crippen molar-refractivity contribution >= 4 is 17.4 Å². The van der Waals surface area contributed by atoms with Gasteiger partial charge in [0.2, 0.25) is 0 Å². The van der Waals surface area contributed by atoms with E-state index in [0.29, 0.717) is 11.6 Å². The number of hydrogen-bond donors (Lipinski definition) is 1. The fraction of sp³-hybridized carbons (Fsp3) is 0.182. The smallest absolute Gasteiger partial charge is 0.406 e. The molecule has 102 valence electrons. The standard InChI is InChI=1S/C11H9ClF3N3O/c12-9-6-18(17-10(9)16)5-7-1-3-8(4-2-7)19-11(13,14)15/h1-4,6H,5H2,(H2,16,17). The van der Waals surface area contributed by atoms with Crippen molar-refractivity contribution in [1.29, 1.82) is 0 Å². The molecule has 19 heavy (non-hydrogen) atoms. The Morgan fingerprint density at radius 2 is 1.89 bits per heavy atom. The average molecular weight is 292 g/mol. The van der Waals surface area contributed by atoms with E-state index in [1.165, 1.54) is 35.1 Å². The summed E-state index contributed by atoms with van der Waals surface area (Å²) in [6.45, 7) is 0.350. The summed E-state index contributed by atoms with van der Waals surface area (Å²) in [5.41, 5.74) is 6.22. The van der Waals surface area contributed by atoms with E-state index in [4.69, 9.17) is 17.3 Å². The molecule has 2 aromatic rings. The monoisotopic (exact) mass is 291 g/mol. The topological polar surface area (TPSA) is 53.1 Å². The van der Waals surface area contributed by atoms with Crippen molar-refractivity contribution in [3.63, 3.8) is 0 Å². The molecule has 0 bridgehead atoms. The molecule has 1 heterocycles. The summed E-state index contributed by atoms with van der Waals surface area (Å²) in [6.07, 6.45) is -3.15. The molecule has 0 saturated heterocycles. The molecule has 2 N–H and O–H groups in total. The number of benzene rings is 1. The first-order valence-electron chi connectivity index (χ1n) is 5.16. The fourth-order valence-electron chi connectivity index (χ4n) is 1.48. The van der Waals surface area contributed by atoms with Crippen LogP contribution in [-0.4, -0.2) is 16.1 Å². The number of rotatable bonds is 3. The van der Waals surface area contributed by atoms with Crippen LogP contribution in [0.25, 0.3) is 0 Å². The highest BCUT2D eigenvalue weighted by Crippen LogP contribution is 2.23. The summed E-state index contributed by atoms with van der Waals surface area (Å²) < 4.78 is 41.2. The Morgan fingerprint density at radius 3 is 2.37 bits per heavy atom. The number of nitrogens with zero attached hydrogens (tertiary/aromatic N) is 2. The Bertz CT molecular complexity index is 546. The van der Waals surface area contributed by atoms with Crippen molar-refractivity contribution in [3.8, 4) is 5.75 Å². The third-order valence-corrected chi connectivity index (χ3v) is 2.54. The lowest BCUT2D eigenvalue weighted by Crippen LogP contribution is -2.17. The van der Waals surface area contributed by atoms with Crippen molar-refractivity contribution < 1.29 is 17.9 Å². The first-order chi connectivity index (χ1) is 8.83. The fourth-order valence-corrected chi connectivity index (χ4v) is 1.63. The molecule has 0 atom stereocenters. The lowest BCUT2D eigenvalue weighted by molar-refractivity contribution is -0.274. The molecule has 0 aliphatic carbocycles. The van der Waals surface area contributed by atoms with E-state index in [-0.39, 0.29) is 11.6 Å². The van der Waals surface area contributed by atoms with Crippen LogP contribution in [0.1, 0.15) is 5.56 Å². The van der Waals surface area contributed by atoms with Crippen LogP contribution in [0, 0.1) is 0 Å². The molecular weight excluding hydrogens is 283 g/mol. The lowest BCUT2D eigenvalue weighted by atomic mass is 10.2. The molecule has 1 aromatic heterocycles. The molecule has 0 aliphatic heterocycles. The predicted molar refractivity (Wildman–Crippen MR) is 63.9 cm³/mol. The molecule has 8 heteroatoms. The Labute approximate surface area is 111 Å². The Kier molecular flexibility index (Phi) is 3.57. The summed E-state index contributed by atoms with van der Waals surface area (Å²) in [4.78, 5) is 0. The zero-order valence-electron chi connectivity index (χ0n) is 9.49. The molecule has 0 aliphatic rings. The highest BCUT2D eigenvalue weighted by molar-refractivity contribution is 6.32. The SMILES string of the molecule is Nc1nn(Cc2ccc(OC(F)(F)F)cc2)cc1Cl. The molecule has 4 nitrogen and oxygen atoms in total. The second-order valence-corrected chi connectivity index (χ2v) is 4.16. The lowest BCUT2D eigenvalue weighted by Gasteiger charge is -2.09. The number of anilines is 1. The number of ether oxygens (including phenoxy) is 1. The van der Waals surface area contributed by atoms with Crippen LogP contribution in [0.5, 0.6) is 5.75 Å². The largest absolute Gasteiger partial charge is 0.573 e. The van der Waals surface area contributed by atoms with E-state index in [1.54, 1.807) is 0 Å². The van der Waals surface area contributed by atoms with E-state index >= 15 is 0 Å². The zero-order chi connectivity index (χ0) is 14.0. The molecule has 0 unspecified atom stereocenters. The van der Waals surface area contributed by atoms with Crippen LogP contribution in [0.2, 0.25) is 5.02 Å². The van der Waals surface area contributed by atoms with Gasteiger partial charge in [0.05, 0.1) is 6.54 Å². The van der Waals surface area contributed by atoms with E-state index < -0.39 is 6.36 Å². The number of alkyl halides is 3. The molecule has 1 aromatic carbocycles. The van der Waals surface area contributed by atoms with Crippen molar-refractivity contribution in [2.75, 3.05) is 5.73 Å². The summed E-state index contributed by atoms with van der Waals surface area (Å²) in [5.74, 6) is -0.0621. The third-order valence-electron chi connectivity index (χ3n) is 2.24. The van der Waals surface area contributed by atoms with Gasteiger partial charge in [-0.1, -0.05) is 23.7 Å². The minimum Gasteiger partial charge on any atom is -0.406 e. The van der Waals surface area contributed by atoms with Gasteiger partial charge in [-0.25, -0.2) is 0 Å². The Balaban J connectivity index is 2.06. The van der Waals surface area contributed by atoms with Gasteiger partial charge in [-0.05, 0) is 17.7 Å². The van der Waals surface area contributed by atoms with Crippen molar-refractivity contribution in [1.82, 2.24) is 9.78 Å². The second-order valence-electron chi connectivity index (χ2n) is 3.75. The molecule has 0 radical (unpaired) electrons. The van der Waals surface area contributed by atoms with E-state index in [1.807, 2.05) is 0 Å². The van der Waals surface area contributed by atoms with Gasteiger partial charge in [-0.3, -0.25) is 4.68 Å². The maximum absolute atomic E-state index is 12.0. The van der Waals surface area contributed by atoms with Crippen LogP contribution in [0.15, 0.2) is 30.5 Å². The van der Waals surface area contributed by atoms with E-state index in [2.05, 4.69) is 9.84 Å². The maximum Gasteiger partial charge on any atom is 0.573 e. The zero-order valence-corrected chi connectivity index (χ0v) is 10.2. The molecule has 0 spiro atoms. The summed E-state index contributed by atoms with van der Waals surface area (Å²) >= 11 is 5.74. The number of nitrogens with two attached hydrogens (primary N) is 1. The number of halogens is 4. The quantitative estimate of drug-likeness (QED) is 0.945.